The number of nitrogens with zero attached hydrogens (tertiary/aromatic N) is 5. The number of pyridine rings is 1. The van der Waals surface area contributed by atoms with Gasteiger partial charge in [0, 0.05) is 38.3 Å². The van der Waals surface area contributed by atoms with Gasteiger partial charge in [-0.3, -0.25) is 14.9 Å². The minimum absolute atomic E-state index is 0.150. The molecule has 8 nitrogen and oxygen atoms in total. The van der Waals surface area contributed by atoms with Crippen molar-refractivity contribution < 1.29 is 9.53 Å². The summed E-state index contributed by atoms with van der Waals surface area (Å²) in [5.74, 6) is 0.399. The Morgan fingerprint density at radius 1 is 1.35 bits per heavy atom. The van der Waals surface area contributed by atoms with Crippen LogP contribution in [0.25, 0.3) is 11.4 Å². The van der Waals surface area contributed by atoms with Crippen LogP contribution in [0.5, 0.6) is 0 Å². The van der Waals surface area contributed by atoms with Crippen molar-refractivity contribution in [1.29, 1.82) is 0 Å². The number of aryl methyl sites for hydroxylation is 1. The zero-order valence-electron chi connectivity index (χ0n) is 14.9. The molecule has 1 amide bonds. The molecule has 134 valence electrons. The molecule has 3 aromatic rings. The molecule has 0 aliphatic carbocycles. The highest BCUT2D eigenvalue weighted by Gasteiger charge is 2.17. The summed E-state index contributed by atoms with van der Waals surface area (Å²) in [4.78, 5) is 27.1. The monoisotopic (exact) mass is 352 g/mol. The van der Waals surface area contributed by atoms with Crippen LogP contribution in [0.4, 0.5) is 0 Å². The van der Waals surface area contributed by atoms with Gasteiger partial charge in [-0.1, -0.05) is 0 Å². The Morgan fingerprint density at radius 3 is 2.88 bits per heavy atom. The molecule has 0 atom stereocenters. The van der Waals surface area contributed by atoms with Crippen molar-refractivity contribution in [3.63, 3.8) is 0 Å². The van der Waals surface area contributed by atoms with Gasteiger partial charge >= 0.3 is 0 Å². The fourth-order valence-electron chi connectivity index (χ4n) is 2.56. The predicted octanol–water partition coefficient (Wildman–Crippen LogP) is 1.99. The van der Waals surface area contributed by atoms with Gasteiger partial charge in [0.05, 0.1) is 35.8 Å². The van der Waals surface area contributed by atoms with Crippen molar-refractivity contribution >= 4 is 5.91 Å². The largest absolute Gasteiger partial charge is 0.378 e. The molecule has 26 heavy (non-hydrogen) atoms. The van der Waals surface area contributed by atoms with Crippen LogP contribution in [0, 0.1) is 6.92 Å². The van der Waals surface area contributed by atoms with E-state index < -0.39 is 0 Å². The molecule has 1 N–H and O–H groups in total. The molecule has 0 saturated carbocycles. The number of aromatic amines is 1. The number of H-pyrrole nitrogens is 1. The standard InChI is InChI=1S/C18H20N6O2/c1-12-16(9-20-17(21-12)13-5-4-6-19-8-13)18(25)24(2)10-14-7-15(11-26-3)23-22-14/h4-9H,10-11H2,1-3H3,(H,22,23). The van der Waals surface area contributed by atoms with Gasteiger partial charge in [-0.15, -0.1) is 0 Å². The summed E-state index contributed by atoms with van der Waals surface area (Å²) >= 11 is 0. The van der Waals surface area contributed by atoms with Crippen molar-refractivity contribution in [2.24, 2.45) is 0 Å². The van der Waals surface area contributed by atoms with Gasteiger partial charge in [-0.2, -0.15) is 5.10 Å². The minimum Gasteiger partial charge on any atom is -0.378 e. The second kappa shape index (κ2) is 7.83. The van der Waals surface area contributed by atoms with Crippen LogP contribution in [0.1, 0.15) is 27.4 Å². The Labute approximate surface area is 151 Å². The molecule has 0 saturated heterocycles. The summed E-state index contributed by atoms with van der Waals surface area (Å²) in [6, 6.07) is 5.58. The predicted molar refractivity (Wildman–Crippen MR) is 95.1 cm³/mol. The van der Waals surface area contributed by atoms with Gasteiger partial charge in [0.2, 0.25) is 0 Å². The fourth-order valence-corrected chi connectivity index (χ4v) is 2.56. The van der Waals surface area contributed by atoms with Crippen LogP contribution < -0.4 is 0 Å². The number of ether oxygens (including phenoxy) is 1. The zero-order chi connectivity index (χ0) is 18.5. The van der Waals surface area contributed by atoms with E-state index in [2.05, 4.69) is 25.1 Å². The van der Waals surface area contributed by atoms with Gasteiger partial charge < -0.3 is 9.64 Å². The van der Waals surface area contributed by atoms with E-state index in [1.165, 1.54) is 0 Å². The summed E-state index contributed by atoms with van der Waals surface area (Å²) < 4.78 is 5.04. The van der Waals surface area contributed by atoms with Crippen LogP contribution in [0.3, 0.4) is 0 Å². The van der Waals surface area contributed by atoms with E-state index in [1.54, 1.807) is 44.6 Å². The molecule has 3 rings (SSSR count). The summed E-state index contributed by atoms with van der Waals surface area (Å²) in [6.45, 7) is 2.63. The van der Waals surface area contributed by atoms with Crippen LogP contribution in [-0.2, 0) is 17.9 Å². The van der Waals surface area contributed by atoms with Crippen LogP contribution in [-0.4, -0.2) is 50.1 Å². The third-order valence-electron chi connectivity index (χ3n) is 3.86. The lowest BCUT2D eigenvalue weighted by Crippen LogP contribution is -2.27. The Kier molecular flexibility index (Phi) is 5.33. The Balaban J connectivity index is 1.74. The molecule has 0 fully saturated rings. The van der Waals surface area contributed by atoms with E-state index >= 15 is 0 Å². The third-order valence-corrected chi connectivity index (χ3v) is 3.86. The van der Waals surface area contributed by atoms with Gasteiger partial charge in [-0.05, 0) is 25.1 Å². The number of methoxy groups -OCH3 is 1. The SMILES string of the molecule is COCc1cc(CN(C)C(=O)c2cnc(-c3cccnc3)nc2C)[nH]n1. The van der Waals surface area contributed by atoms with E-state index in [4.69, 9.17) is 4.74 Å². The van der Waals surface area contributed by atoms with E-state index in [0.717, 1.165) is 17.0 Å². The van der Waals surface area contributed by atoms with Crippen molar-refractivity contribution in [3.8, 4) is 11.4 Å². The number of hydrogen-bond donors (Lipinski definition) is 1. The lowest BCUT2D eigenvalue weighted by Gasteiger charge is -2.17. The number of nitrogens with one attached hydrogen (secondary N) is 1. The number of aromatic nitrogens is 5. The van der Waals surface area contributed by atoms with E-state index in [0.29, 0.717) is 30.2 Å². The van der Waals surface area contributed by atoms with Crippen molar-refractivity contribution in [2.75, 3.05) is 14.2 Å². The first-order chi connectivity index (χ1) is 12.6. The molecule has 0 aromatic carbocycles. The highest BCUT2D eigenvalue weighted by molar-refractivity contribution is 5.94. The van der Waals surface area contributed by atoms with Crippen LogP contribution in [0.2, 0.25) is 0 Å². The molecule has 3 aromatic heterocycles. The minimum atomic E-state index is -0.150. The Morgan fingerprint density at radius 2 is 2.19 bits per heavy atom. The second-order valence-corrected chi connectivity index (χ2v) is 5.91. The number of amides is 1. The van der Waals surface area contributed by atoms with Crippen molar-refractivity contribution in [2.45, 2.75) is 20.1 Å². The zero-order valence-corrected chi connectivity index (χ0v) is 14.9. The smallest absolute Gasteiger partial charge is 0.257 e. The van der Waals surface area contributed by atoms with Gasteiger partial charge in [0.15, 0.2) is 5.82 Å². The van der Waals surface area contributed by atoms with Gasteiger partial charge in [0.25, 0.3) is 5.91 Å². The number of carbonyl (C=O) groups excluding carboxylic acids is 1. The van der Waals surface area contributed by atoms with Crippen LogP contribution >= 0.6 is 0 Å². The summed E-state index contributed by atoms with van der Waals surface area (Å²) in [5, 5.41) is 7.05. The van der Waals surface area contributed by atoms with Gasteiger partial charge in [-0.25, -0.2) is 9.97 Å². The highest BCUT2D eigenvalue weighted by Crippen LogP contribution is 2.16. The second-order valence-electron chi connectivity index (χ2n) is 5.91. The summed E-state index contributed by atoms with van der Waals surface area (Å²) in [6.07, 6.45) is 4.95. The lowest BCUT2D eigenvalue weighted by molar-refractivity contribution is 0.0781. The molecule has 0 aliphatic rings. The molecular weight excluding hydrogens is 332 g/mol. The first kappa shape index (κ1) is 17.7. The first-order valence-corrected chi connectivity index (χ1v) is 8.10. The maximum atomic E-state index is 12.7. The highest BCUT2D eigenvalue weighted by atomic mass is 16.5. The molecule has 3 heterocycles. The molecule has 0 radical (unpaired) electrons. The Hall–Kier alpha value is -3.13. The topological polar surface area (TPSA) is 96.9 Å². The summed E-state index contributed by atoms with van der Waals surface area (Å²) in [7, 11) is 3.34. The third kappa shape index (κ3) is 3.92. The molecule has 0 spiro atoms. The van der Waals surface area contributed by atoms with Crippen molar-refractivity contribution in [3.05, 3.63) is 59.4 Å². The average molecular weight is 352 g/mol. The van der Waals surface area contributed by atoms with E-state index in [-0.39, 0.29) is 5.91 Å². The number of rotatable bonds is 6. The average Bonchev–Trinajstić information content (AvgIpc) is 3.09. The number of hydrogen-bond acceptors (Lipinski definition) is 6. The van der Waals surface area contributed by atoms with E-state index in [9.17, 15) is 4.79 Å². The molecular formula is C18H20N6O2. The molecule has 0 bridgehead atoms. The maximum Gasteiger partial charge on any atom is 0.257 e. The van der Waals surface area contributed by atoms with Crippen LogP contribution in [0.15, 0.2) is 36.8 Å². The lowest BCUT2D eigenvalue weighted by atomic mass is 10.2. The quantitative estimate of drug-likeness (QED) is 0.729. The first-order valence-electron chi connectivity index (χ1n) is 8.10. The van der Waals surface area contributed by atoms with E-state index in [1.807, 2.05) is 18.2 Å². The molecule has 0 unspecified atom stereocenters. The maximum absolute atomic E-state index is 12.7. The number of carbonyl (C=O) groups is 1. The summed E-state index contributed by atoms with van der Waals surface area (Å²) in [5.41, 5.74) is 3.53. The molecule has 0 aliphatic heterocycles. The Bertz CT molecular complexity index is 894. The normalized spacial score (nSPS) is 10.7. The fraction of sp³-hybridized carbons (Fsp3) is 0.278. The van der Waals surface area contributed by atoms with Gasteiger partial charge in [0.1, 0.15) is 0 Å². The van der Waals surface area contributed by atoms with Crippen molar-refractivity contribution in [1.82, 2.24) is 30.0 Å². The molecule has 8 heteroatoms.